The number of rotatable bonds is 12. The number of likely N-dealkylation sites (tertiary alicyclic amines) is 2. The third-order valence-corrected chi connectivity index (χ3v) is 13.6. The van der Waals surface area contributed by atoms with E-state index in [0.29, 0.717) is 50.1 Å². The minimum Gasteiger partial charge on any atom is -0.453 e. The Labute approximate surface area is 370 Å². The average Bonchev–Trinajstić information content (AvgIpc) is 4.12. The highest BCUT2D eigenvalue weighted by atomic mass is 16.5. The molecule has 2 heterocycles. The highest BCUT2D eigenvalue weighted by Crippen LogP contribution is 2.53. The van der Waals surface area contributed by atoms with Crippen molar-refractivity contribution in [2.45, 2.75) is 116 Å². The van der Waals surface area contributed by atoms with E-state index in [-0.39, 0.29) is 40.9 Å². The first-order valence-electron chi connectivity index (χ1n) is 22.5. The number of carbonyl (C=O) groups is 6. The maximum absolute atomic E-state index is 13.6. The maximum Gasteiger partial charge on any atom is 0.407 e. The molecule has 7 rings (SSSR count). The third-order valence-electron chi connectivity index (χ3n) is 13.6. The Bertz CT molecular complexity index is 2050. The number of anilines is 2. The van der Waals surface area contributed by atoms with Crippen molar-refractivity contribution in [3.8, 4) is 22.3 Å². The molecule has 3 aromatic carbocycles. The van der Waals surface area contributed by atoms with Crippen LogP contribution in [0, 0.1) is 17.3 Å². The summed E-state index contributed by atoms with van der Waals surface area (Å²) in [5, 5.41) is 11.3. The van der Waals surface area contributed by atoms with Crippen LogP contribution in [0.1, 0.15) is 90.2 Å². The van der Waals surface area contributed by atoms with Gasteiger partial charge in [-0.05, 0) is 126 Å². The number of hydrogen-bond acceptors (Lipinski definition) is 8. The molecule has 14 nitrogen and oxygen atoms in total. The molecule has 1 saturated carbocycles. The van der Waals surface area contributed by atoms with Crippen molar-refractivity contribution < 1.29 is 38.2 Å². The molecule has 6 amide bonds. The predicted molar refractivity (Wildman–Crippen MR) is 241 cm³/mol. The van der Waals surface area contributed by atoms with Gasteiger partial charge in [-0.3, -0.25) is 19.2 Å². The molecule has 1 spiro atoms. The molecule has 2 aliphatic heterocycles. The smallest absolute Gasteiger partial charge is 0.407 e. The monoisotopic (exact) mass is 862 g/mol. The maximum atomic E-state index is 13.6. The minimum atomic E-state index is -0.801. The molecule has 336 valence electrons. The zero-order valence-electron chi connectivity index (χ0n) is 37.4. The molecular formula is C49H62N6O8. The summed E-state index contributed by atoms with van der Waals surface area (Å²) >= 11 is 0. The zero-order valence-corrected chi connectivity index (χ0v) is 37.4. The number of carbonyl (C=O) groups excluding carboxylic acids is 6. The van der Waals surface area contributed by atoms with Crippen molar-refractivity contribution in [1.29, 1.82) is 0 Å². The van der Waals surface area contributed by atoms with Crippen LogP contribution in [0.25, 0.3) is 22.3 Å². The number of alkyl carbamates (subject to hydrolysis) is 2. The largest absolute Gasteiger partial charge is 0.453 e. The summed E-state index contributed by atoms with van der Waals surface area (Å²) in [5.74, 6) is -1.48. The van der Waals surface area contributed by atoms with Crippen molar-refractivity contribution in [3.05, 3.63) is 71.8 Å². The molecule has 3 fully saturated rings. The van der Waals surface area contributed by atoms with E-state index in [1.807, 2.05) is 76.2 Å². The van der Waals surface area contributed by atoms with Crippen molar-refractivity contribution in [2.24, 2.45) is 17.3 Å². The molecule has 3 aromatic rings. The van der Waals surface area contributed by atoms with Gasteiger partial charge in [0.15, 0.2) is 0 Å². The number of nitrogens with zero attached hydrogens (tertiary/aromatic N) is 2. The standard InChI is InChI=1S/C49H62N6O8/c1-29(2)41(52-47(60)62-5)45(58)54-25-9-11-39(54)43(56)50-33-17-13-31(14-18-33)35-21-22-36(38-28-49(27-37(35)38)23-7-8-24-49)32-15-19-34(20-16-32)51-44(57)40-12-10-26-55(40)46(59)42(30(3)4)53-48(61)63-6/h13-22,29-30,39-42H,7-12,23-28H2,1-6H3,(H,50,56)(H,51,57)(H,52,60)(H,53,61)/t39?,40?,41-,42-/m1/s1. The summed E-state index contributed by atoms with van der Waals surface area (Å²) in [6, 6.07) is 17.4. The third kappa shape index (κ3) is 9.69. The van der Waals surface area contributed by atoms with E-state index in [1.165, 1.54) is 62.2 Å². The first kappa shape index (κ1) is 45.1. The Morgan fingerprint density at radius 1 is 0.571 bits per heavy atom. The summed E-state index contributed by atoms with van der Waals surface area (Å²) in [7, 11) is 2.51. The van der Waals surface area contributed by atoms with Crippen molar-refractivity contribution in [3.63, 3.8) is 0 Å². The van der Waals surface area contributed by atoms with Crippen molar-refractivity contribution in [1.82, 2.24) is 20.4 Å². The fraction of sp³-hybridized carbons (Fsp3) is 0.510. The topological polar surface area (TPSA) is 175 Å². The first-order chi connectivity index (χ1) is 30.2. The van der Waals surface area contributed by atoms with Crippen LogP contribution >= 0.6 is 0 Å². The second-order valence-corrected chi connectivity index (χ2v) is 18.4. The quantitative estimate of drug-likeness (QED) is 0.147. The summed E-state index contributed by atoms with van der Waals surface area (Å²) < 4.78 is 9.47. The Morgan fingerprint density at radius 3 is 1.30 bits per heavy atom. The van der Waals surface area contributed by atoms with E-state index in [9.17, 15) is 28.8 Å². The lowest BCUT2D eigenvalue weighted by atomic mass is 9.82. The van der Waals surface area contributed by atoms with Gasteiger partial charge in [-0.1, -0.05) is 76.9 Å². The second kappa shape index (κ2) is 19.2. The molecule has 0 aromatic heterocycles. The van der Waals surface area contributed by atoms with Crippen LogP contribution in [0.2, 0.25) is 0 Å². The molecule has 4 N–H and O–H groups in total. The Balaban J connectivity index is 1.05. The molecule has 2 saturated heterocycles. The van der Waals surface area contributed by atoms with Gasteiger partial charge < -0.3 is 40.5 Å². The molecular weight excluding hydrogens is 801 g/mol. The van der Waals surface area contributed by atoms with Gasteiger partial charge in [0.25, 0.3) is 0 Å². The molecule has 0 bridgehead atoms. The van der Waals surface area contributed by atoms with Gasteiger partial charge >= 0.3 is 12.2 Å². The number of methoxy groups -OCH3 is 2. The van der Waals surface area contributed by atoms with Gasteiger partial charge in [0.2, 0.25) is 23.6 Å². The number of fused-ring (bicyclic) bond motifs is 1. The predicted octanol–water partition coefficient (Wildman–Crippen LogP) is 7.30. The van der Waals surface area contributed by atoms with E-state index in [4.69, 9.17) is 9.47 Å². The van der Waals surface area contributed by atoms with Crippen molar-refractivity contribution in [2.75, 3.05) is 37.9 Å². The van der Waals surface area contributed by atoms with Gasteiger partial charge in [0, 0.05) is 24.5 Å². The molecule has 14 heteroatoms. The highest BCUT2D eigenvalue weighted by Gasteiger charge is 2.43. The van der Waals surface area contributed by atoms with Gasteiger partial charge in [-0.2, -0.15) is 0 Å². The summed E-state index contributed by atoms with van der Waals surface area (Å²) in [6.07, 6.45) is 7.97. The van der Waals surface area contributed by atoms with Crippen LogP contribution in [0.3, 0.4) is 0 Å². The molecule has 0 radical (unpaired) electrons. The minimum absolute atomic E-state index is 0.189. The van der Waals surface area contributed by atoms with E-state index in [1.54, 1.807) is 9.80 Å². The van der Waals surface area contributed by atoms with Gasteiger partial charge in [-0.25, -0.2) is 9.59 Å². The molecule has 2 unspecified atom stereocenters. The number of ether oxygens (including phenoxy) is 2. The highest BCUT2D eigenvalue weighted by molar-refractivity contribution is 6.00. The number of hydrogen-bond donors (Lipinski definition) is 4. The average molecular weight is 863 g/mol. The van der Waals surface area contributed by atoms with Crippen molar-refractivity contribution >= 4 is 47.2 Å². The molecule has 4 aliphatic rings. The summed E-state index contributed by atoms with van der Waals surface area (Å²) in [4.78, 5) is 81.4. The van der Waals surface area contributed by atoms with Gasteiger partial charge in [0.1, 0.15) is 24.2 Å². The van der Waals surface area contributed by atoms with Crippen LogP contribution in [0.15, 0.2) is 60.7 Å². The number of amides is 6. The number of nitrogens with one attached hydrogen (secondary N) is 4. The Kier molecular flexibility index (Phi) is 13.8. The lowest BCUT2D eigenvalue weighted by Gasteiger charge is -2.30. The Morgan fingerprint density at radius 2 is 0.952 bits per heavy atom. The molecule has 4 atom stereocenters. The summed E-state index contributed by atoms with van der Waals surface area (Å²) in [6.45, 7) is 8.26. The first-order valence-corrected chi connectivity index (χ1v) is 22.5. The number of benzene rings is 3. The van der Waals surface area contributed by atoms with Crippen LogP contribution in [-0.4, -0.2) is 97.1 Å². The van der Waals surface area contributed by atoms with Crippen LogP contribution < -0.4 is 21.3 Å². The van der Waals surface area contributed by atoms with Gasteiger partial charge in [-0.15, -0.1) is 0 Å². The Hall–Kier alpha value is -5.92. The van der Waals surface area contributed by atoms with Crippen LogP contribution in [0.5, 0.6) is 0 Å². The van der Waals surface area contributed by atoms with E-state index in [0.717, 1.165) is 24.0 Å². The lowest BCUT2D eigenvalue weighted by molar-refractivity contribution is -0.139. The lowest BCUT2D eigenvalue weighted by Crippen LogP contribution is -2.54. The van der Waals surface area contributed by atoms with E-state index >= 15 is 0 Å². The SMILES string of the molecule is COC(=O)N[C@@H](C(=O)N1CCCC1C(=O)Nc1ccc(-c2ccc(-c3ccc(NC(=O)C4CCCN4C(=O)[C@H](NC(=O)OC)C(C)C)cc3)c3c2CC2(CCCC2)C3)cc1)C(C)C. The zero-order chi connectivity index (χ0) is 45.0. The fourth-order valence-electron chi connectivity index (χ4n) is 10.2. The summed E-state index contributed by atoms with van der Waals surface area (Å²) in [5.41, 5.74) is 8.74. The molecule has 2 aliphatic carbocycles. The van der Waals surface area contributed by atoms with Crippen LogP contribution in [0.4, 0.5) is 21.0 Å². The normalized spacial score (nSPS) is 19.7. The van der Waals surface area contributed by atoms with Crippen LogP contribution in [-0.2, 0) is 41.5 Å². The molecule has 63 heavy (non-hydrogen) atoms. The van der Waals surface area contributed by atoms with E-state index < -0.39 is 36.4 Å². The fourth-order valence-corrected chi connectivity index (χ4v) is 10.2. The van der Waals surface area contributed by atoms with E-state index in [2.05, 4.69) is 33.4 Å². The second-order valence-electron chi connectivity index (χ2n) is 18.4. The van der Waals surface area contributed by atoms with Gasteiger partial charge in [0.05, 0.1) is 14.2 Å².